The van der Waals surface area contributed by atoms with Crippen LogP contribution in [-0.2, 0) is 0 Å². The van der Waals surface area contributed by atoms with E-state index < -0.39 is 40.3 Å². The molecule has 0 heterocycles. The highest BCUT2D eigenvalue weighted by Crippen LogP contribution is 2.41. The second-order valence-electron chi connectivity index (χ2n) is 9.55. The van der Waals surface area contributed by atoms with Gasteiger partial charge in [-0.1, -0.05) is 44.0 Å². The summed E-state index contributed by atoms with van der Waals surface area (Å²) in [5, 5.41) is -0.334. The molecule has 0 saturated heterocycles. The molecule has 0 atom stereocenters. The van der Waals surface area contributed by atoms with Crippen molar-refractivity contribution < 1.29 is 26.3 Å². The lowest BCUT2D eigenvalue weighted by Gasteiger charge is -2.29. The molecule has 0 bridgehead atoms. The van der Waals surface area contributed by atoms with Gasteiger partial charge in [0.25, 0.3) is 0 Å². The van der Waals surface area contributed by atoms with Gasteiger partial charge in [0.15, 0.2) is 29.1 Å². The highest BCUT2D eigenvalue weighted by atomic mass is 19.2. The Labute approximate surface area is 199 Å². The van der Waals surface area contributed by atoms with E-state index in [0.29, 0.717) is 5.92 Å². The van der Waals surface area contributed by atoms with Crippen LogP contribution in [0.1, 0.15) is 56.9 Å². The van der Waals surface area contributed by atoms with Crippen LogP contribution in [0.2, 0.25) is 0 Å². The second kappa shape index (κ2) is 9.21. The monoisotopic (exact) mass is 486 g/mol. The molecule has 5 rings (SSSR count). The third-order valence-electron chi connectivity index (χ3n) is 7.42. The van der Waals surface area contributed by atoms with Crippen LogP contribution < -0.4 is 0 Å². The van der Waals surface area contributed by atoms with Gasteiger partial charge in [-0.25, -0.2) is 26.3 Å². The molecule has 1 fully saturated rings. The van der Waals surface area contributed by atoms with Gasteiger partial charge in [-0.3, -0.25) is 0 Å². The van der Waals surface area contributed by atoms with Crippen LogP contribution in [0, 0.1) is 40.8 Å². The molecular formula is C29H24F6. The van der Waals surface area contributed by atoms with Crippen molar-refractivity contribution >= 4 is 21.5 Å². The number of rotatable bonds is 4. The van der Waals surface area contributed by atoms with Crippen molar-refractivity contribution in [3.8, 4) is 11.1 Å². The highest BCUT2D eigenvalue weighted by molar-refractivity contribution is 5.92. The summed E-state index contributed by atoms with van der Waals surface area (Å²) in [6.07, 6.45) is 5.73. The molecule has 4 aromatic rings. The molecule has 0 spiro atoms. The summed E-state index contributed by atoms with van der Waals surface area (Å²) in [6, 6.07) is 9.16. The smallest absolute Gasteiger partial charge is 0.195 e. The summed E-state index contributed by atoms with van der Waals surface area (Å²) < 4.78 is 87.2. The molecule has 182 valence electrons. The zero-order valence-corrected chi connectivity index (χ0v) is 19.2. The normalized spacial score (nSPS) is 18.5. The van der Waals surface area contributed by atoms with E-state index in [-0.39, 0.29) is 38.8 Å². The Bertz CT molecular complexity index is 1430. The number of benzene rings is 4. The maximum Gasteiger partial charge on any atom is 0.195 e. The fraction of sp³-hybridized carbons (Fsp3) is 0.310. The predicted octanol–water partition coefficient (Wildman–Crippen LogP) is 9.57. The second-order valence-corrected chi connectivity index (χ2v) is 9.55. The first kappa shape index (κ1) is 23.7. The molecule has 6 heteroatoms. The topological polar surface area (TPSA) is 0 Å². The van der Waals surface area contributed by atoms with Gasteiger partial charge in [0.05, 0.1) is 5.39 Å². The van der Waals surface area contributed by atoms with Crippen LogP contribution in [0.15, 0.2) is 42.5 Å². The summed E-state index contributed by atoms with van der Waals surface area (Å²) in [5.41, 5.74) is 0.451. The lowest BCUT2D eigenvalue weighted by molar-refractivity contribution is 0.303. The summed E-state index contributed by atoms with van der Waals surface area (Å²) in [6.45, 7) is 2.14. The molecule has 0 aliphatic heterocycles. The summed E-state index contributed by atoms with van der Waals surface area (Å²) in [5.74, 6) is -6.99. The predicted molar refractivity (Wildman–Crippen MR) is 126 cm³/mol. The van der Waals surface area contributed by atoms with Gasteiger partial charge >= 0.3 is 0 Å². The van der Waals surface area contributed by atoms with Gasteiger partial charge in [0.1, 0.15) is 5.82 Å². The molecule has 0 radical (unpaired) electrons. The molecular weight excluding hydrogens is 462 g/mol. The van der Waals surface area contributed by atoms with Crippen LogP contribution in [0.5, 0.6) is 0 Å². The molecule has 4 aromatic carbocycles. The Morgan fingerprint density at radius 3 is 2.14 bits per heavy atom. The first-order valence-electron chi connectivity index (χ1n) is 12.0. The SMILES string of the molecule is CCCC1CCC(c2cc3ccc(-c4ccc5c(F)c(F)c(F)cc5c4)c(F)c3c(F)c2F)CC1. The summed E-state index contributed by atoms with van der Waals surface area (Å²) in [7, 11) is 0. The van der Waals surface area contributed by atoms with Crippen molar-refractivity contribution in [3.05, 3.63) is 82.9 Å². The van der Waals surface area contributed by atoms with Crippen molar-refractivity contribution in [1.29, 1.82) is 0 Å². The van der Waals surface area contributed by atoms with Gasteiger partial charge in [0.2, 0.25) is 0 Å². The van der Waals surface area contributed by atoms with Gasteiger partial charge in [0, 0.05) is 10.9 Å². The minimum atomic E-state index is -1.59. The van der Waals surface area contributed by atoms with Crippen molar-refractivity contribution in [2.45, 2.75) is 51.4 Å². The van der Waals surface area contributed by atoms with Gasteiger partial charge in [-0.2, -0.15) is 0 Å². The Balaban J connectivity index is 1.56. The highest BCUT2D eigenvalue weighted by Gasteiger charge is 2.27. The average Bonchev–Trinajstić information content (AvgIpc) is 2.85. The lowest BCUT2D eigenvalue weighted by Crippen LogP contribution is -2.15. The Morgan fingerprint density at radius 1 is 0.686 bits per heavy atom. The molecule has 0 amide bonds. The van der Waals surface area contributed by atoms with E-state index in [9.17, 15) is 13.2 Å². The van der Waals surface area contributed by atoms with Crippen molar-refractivity contribution in [1.82, 2.24) is 0 Å². The number of hydrogen-bond donors (Lipinski definition) is 0. The summed E-state index contributed by atoms with van der Waals surface area (Å²) in [4.78, 5) is 0. The third kappa shape index (κ3) is 4.07. The van der Waals surface area contributed by atoms with E-state index in [1.807, 2.05) is 0 Å². The van der Waals surface area contributed by atoms with E-state index in [4.69, 9.17) is 0 Å². The quantitative estimate of drug-likeness (QED) is 0.199. The largest absolute Gasteiger partial charge is 0.206 e. The van der Waals surface area contributed by atoms with Crippen LogP contribution in [0.4, 0.5) is 26.3 Å². The molecule has 0 aromatic heterocycles. The van der Waals surface area contributed by atoms with Gasteiger partial charge in [-0.05, 0) is 77.6 Å². The Morgan fingerprint density at radius 2 is 1.43 bits per heavy atom. The van der Waals surface area contributed by atoms with E-state index in [0.717, 1.165) is 44.6 Å². The number of hydrogen-bond acceptors (Lipinski definition) is 0. The molecule has 0 N–H and O–H groups in total. The first-order chi connectivity index (χ1) is 16.8. The zero-order valence-electron chi connectivity index (χ0n) is 19.2. The van der Waals surface area contributed by atoms with Gasteiger partial charge < -0.3 is 0 Å². The molecule has 0 nitrogen and oxygen atoms in total. The van der Waals surface area contributed by atoms with Crippen molar-refractivity contribution in [3.63, 3.8) is 0 Å². The van der Waals surface area contributed by atoms with Crippen LogP contribution >= 0.6 is 0 Å². The Kier molecular flexibility index (Phi) is 6.24. The standard InChI is InChI=1S/C29H24F6/c1-2-3-15-4-6-16(7-5-15)22-13-18-9-11-20(25(31)24(18)29(35)27(22)33)17-8-10-21-19(12-17)14-23(30)28(34)26(21)32/h8-16H,2-7H2,1H3. The average molecular weight is 486 g/mol. The molecule has 1 saturated carbocycles. The fourth-order valence-electron chi connectivity index (χ4n) is 5.56. The summed E-state index contributed by atoms with van der Waals surface area (Å²) >= 11 is 0. The third-order valence-corrected chi connectivity index (χ3v) is 7.42. The van der Waals surface area contributed by atoms with E-state index >= 15 is 13.2 Å². The molecule has 35 heavy (non-hydrogen) atoms. The zero-order chi connectivity index (χ0) is 24.9. The fourth-order valence-corrected chi connectivity index (χ4v) is 5.56. The minimum Gasteiger partial charge on any atom is -0.206 e. The van der Waals surface area contributed by atoms with Crippen LogP contribution in [0.25, 0.3) is 32.7 Å². The first-order valence-corrected chi connectivity index (χ1v) is 12.0. The van der Waals surface area contributed by atoms with Crippen molar-refractivity contribution in [2.24, 2.45) is 5.92 Å². The van der Waals surface area contributed by atoms with Crippen molar-refractivity contribution in [2.75, 3.05) is 0 Å². The lowest BCUT2D eigenvalue weighted by atomic mass is 9.76. The number of fused-ring (bicyclic) bond motifs is 2. The minimum absolute atomic E-state index is 0.0269. The van der Waals surface area contributed by atoms with E-state index in [1.54, 1.807) is 6.07 Å². The molecule has 0 unspecified atom stereocenters. The van der Waals surface area contributed by atoms with Crippen LogP contribution in [0.3, 0.4) is 0 Å². The maximum atomic E-state index is 15.5. The maximum absolute atomic E-state index is 15.5. The number of halogens is 6. The molecule has 1 aliphatic carbocycles. The van der Waals surface area contributed by atoms with E-state index in [1.165, 1.54) is 30.3 Å². The van der Waals surface area contributed by atoms with Gasteiger partial charge in [-0.15, -0.1) is 0 Å². The van der Waals surface area contributed by atoms with E-state index in [2.05, 4.69) is 6.92 Å². The van der Waals surface area contributed by atoms with Crippen LogP contribution in [-0.4, -0.2) is 0 Å². The Hall–Kier alpha value is -3.02. The molecule has 1 aliphatic rings.